The maximum atomic E-state index is 11.8. The fraction of sp³-hybridized carbons (Fsp3) is 0.300. The van der Waals surface area contributed by atoms with Crippen molar-refractivity contribution < 1.29 is 13.3 Å². The molecule has 1 aromatic carbocycles. The van der Waals surface area contributed by atoms with Crippen molar-refractivity contribution in [3.63, 3.8) is 0 Å². The molecule has 0 bridgehead atoms. The molecule has 0 spiro atoms. The van der Waals surface area contributed by atoms with Gasteiger partial charge in [-0.2, -0.15) is 5.26 Å². The Morgan fingerprint density at radius 2 is 1.94 bits per heavy atom. The van der Waals surface area contributed by atoms with Gasteiger partial charge in [0.25, 0.3) is 5.69 Å². The minimum absolute atomic E-state index is 0.00907. The average Bonchev–Trinajstić information content (AvgIpc) is 2.28. The van der Waals surface area contributed by atoms with Crippen LogP contribution in [-0.2, 0) is 9.84 Å². The first-order valence-corrected chi connectivity index (χ1v) is 6.39. The van der Waals surface area contributed by atoms with E-state index in [1.165, 1.54) is 19.1 Å². The molecule has 0 aliphatic rings. The van der Waals surface area contributed by atoms with Gasteiger partial charge in [0.2, 0.25) is 0 Å². The first-order valence-electron chi connectivity index (χ1n) is 4.73. The molecule has 90 valence electrons. The second-order valence-corrected chi connectivity index (χ2v) is 5.60. The van der Waals surface area contributed by atoms with E-state index in [1.54, 1.807) is 0 Å². The molecule has 0 saturated heterocycles. The molecule has 1 unspecified atom stereocenters. The van der Waals surface area contributed by atoms with E-state index in [-0.39, 0.29) is 16.3 Å². The second kappa shape index (κ2) is 4.93. The lowest BCUT2D eigenvalue weighted by Crippen LogP contribution is -2.12. The molecular formula is C10H10N2O4S. The molecule has 1 aromatic rings. The summed E-state index contributed by atoms with van der Waals surface area (Å²) in [7, 11) is -3.56. The molecule has 6 nitrogen and oxygen atoms in total. The third-order valence-electron chi connectivity index (χ3n) is 2.10. The lowest BCUT2D eigenvalue weighted by molar-refractivity contribution is -0.384. The van der Waals surface area contributed by atoms with Crippen LogP contribution in [0.3, 0.4) is 0 Å². The molecule has 0 aliphatic carbocycles. The van der Waals surface area contributed by atoms with Crippen LogP contribution >= 0.6 is 0 Å². The zero-order chi connectivity index (χ0) is 13.1. The number of benzene rings is 1. The molecule has 1 rings (SSSR count). The van der Waals surface area contributed by atoms with Crippen molar-refractivity contribution in [3.05, 3.63) is 34.4 Å². The van der Waals surface area contributed by atoms with Crippen LogP contribution in [0.25, 0.3) is 0 Å². The van der Waals surface area contributed by atoms with E-state index < -0.39 is 20.7 Å². The maximum absolute atomic E-state index is 11.8. The summed E-state index contributed by atoms with van der Waals surface area (Å²) in [4.78, 5) is 9.79. The van der Waals surface area contributed by atoms with Crippen LogP contribution < -0.4 is 0 Å². The van der Waals surface area contributed by atoms with Crippen LogP contribution in [0.1, 0.15) is 6.92 Å². The van der Waals surface area contributed by atoms with E-state index in [4.69, 9.17) is 5.26 Å². The Hall–Kier alpha value is -1.94. The van der Waals surface area contributed by atoms with Gasteiger partial charge in [0.15, 0.2) is 9.84 Å². The fourth-order valence-corrected chi connectivity index (χ4v) is 2.71. The lowest BCUT2D eigenvalue weighted by atomic mass is 10.3. The number of hydrogen-bond donors (Lipinski definition) is 0. The van der Waals surface area contributed by atoms with Gasteiger partial charge in [-0.25, -0.2) is 8.42 Å². The summed E-state index contributed by atoms with van der Waals surface area (Å²) in [5.74, 6) is -0.906. The number of nitro groups is 1. The van der Waals surface area contributed by atoms with E-state index in [0.29, 0.717) is 0 Å². The molecule has 0 amide bonds. The van der Waals surface area contributed by atoms with Crippen LogP contribution in [0.4, 0.5) is 5.69 Å². The minimum atomic E-state index is -3.56. The number of hydrogen-bond acceptors (Lipinski definition) is 5. The van der Waals surface area contributed by atoms with Gasteiger partial charge in [-0.15, -0.1) is 0 Å². The minimum Gasteiger partial charge on any atom is -0.258 e. The molecule has 0 saturated carbocycles. The molecule has 7 heteroatoms. The van der Waals surface area contributed by atoms with Gasteiger partial charge in [0.05, 0.1) is 27.6 Å². The van der Waals surface area contributed by atoms with E-state index in [1.807, 2.05) is 6.07 Å². The molecule has 0 heterocycles. The van der Waals surface area contributed by atoms with Crippen molar-refractivity contribution in [1.29, 1.82) is 5.26 Å². The number of nitriles is 1. The zero-order valence-corrected chi connectivity index (χ0v) is 9.85. The van der Waals surface area contributed by atoms with Crippen molar-refractivity contribution in [1.82, 2.24) is 0 Å². The van der Waals surface area contributed by atoms with Crippen molar-refractivity contribution in [2.75, 3.05) is 5.75 Å². The Morgan fingerprint density at radius 3 is 2.35 bits per heavy atom. The van der Waals surface area contributed by atoms with Crippen LogP contribution in [-0.4, -0.2) is 19.1 Å². The van der Waals surface area contributed by atoms with Crippen LogP contribution in [0.5, 0.6) is 0 Å². The van der Waals surface area contributed by atoms with E-state index in [2.05, 4.69) is 0 Å². The number of non-ortho nitro benzene ring substituents is 1. The standard InChI is InChI=1S/C10H10N2O4S/c1-8(6-11)7-17(15,16)10-4-2-9(3-5-10)12(13)14/h2-5,8H,7H2,1H3. The summed E-state index contributed by atoms with van der Waals surface area (Å²) in [6, 6.07) is 6.45. The molecule has 0 aliphatic heterocycles. The molecular weight excluding hydrogens is 244 g/mol. The highest BCUT2D eigenvalue weighted by Crippen LogP contribution is 2.18. The number of rotatable bonds is 4. The monoisotopic (exact) mass is 254 g/mol. The second-order valence-electron chi connectivity index (χ2n) is 3.56. The highest BCUT2D eigenvalue weighted by Gasteiger charge is 2.19. The highest BCUT2D eigenvalue weighted by atomic mass is 32.2. The Kier molecular flexibility index (Phi) is 3.81. The number of nitrogens with zero attached hydrogens (tertiary/aromatic N) is 2. The van der Waals surface area contributed by atoms with Crippen molar-refractivity contribution in [3.8, 4) is 6.07 Å². The summed E-state index contributed by atoms with van der Waals surface area (Å²) in [6.07, 6.45) is 0. The summed E-state index contributed by atoms with van der Waals surface area (Å²) < 4.78 is 23.5. The molecule has 1 atom stereocenters. The van der Waals surface area contributed by atoms with Gasteiger partial charge >= 0.3 is 0 Å². The van der Waals surface area contributed by atoms with Gasteiger partial charge in [-0.3, -0.25) is 10.1 Å². The van der Waals surface area contributed by atoms with Gasteiger partial charge in [0.1, 0.15) is 0 Å². The topological polar surface area (TPSA) is 101 Å². The summed E-state index contributed by atoms with van der Waals surface area (Å²) >= 11 is 0. The molecule has 17 heavy (non-hydrogen) atoms. The fourth-order valence-electron chi connectivity index (χ4n) is 1.24. The number of nitro benzene ring substituents is 1. The lowest BCUT2D eigenvalue weighted by Gasteiger charge is -2.04. The summed E-state index contributed by atoms with van der Waals surface area (Å²) in [6.45, 7) is 1.50. The third kappa shape index (κ3) is 3.26. The van der Waals surface area contributed by atoms with Gasteiger partial charge < -0.3 is 0 Å². The van der Waals surface area contributed by atoms with E-state index in [9.17, 15) is 18.5 Å². The first-order chi connectivity index (χ1) is 7.86. The normalized spacial score (nSPS) is 12.7. The van der Waals surface area contributed by atoms with Crippen LogP contribution in [0.15, 0.2) is 29.2 Å². The van der Waals surface area contributed by atoms with Crippen LogP contribution in [0.2, 0.25) is 0 Å². The van der Waals surface area contributed by atoms with Crippen molar-refractivity contribution in [2.45, 2.75) is 11.8 Å². The smallest absolute Gasteiger partial charge is 0.258 e. The van der Waals surface area contributed by atoms with E-state index in [0.717, 1.165) is 12.1 Å². The predicted octanol–water partition coefficient (Wildman–Crippen LogP) is 1.53. The molecule has 0 N–H and O–H groups in total. The third-order valence-corrected chi connectivity index (χ3v) is 4.03. The Morgan fingerprint density at radius 1 is 1.41 bits per heavy atom. The zero-order valence-electron chi connectivity index (χ0n) is 9.03. The Bertz CT molecular complexity index is 557. The average molecular weight is 254 g/mol. The van der Waals surface area contributed by atoms with E-state index >= 15 is 0 Å². The Balaban J connectivity index is 3.01. The van der Waals surface area contributed by atoms with Gasteiger partial charge in [0, 0.05) is 12.1 Å². The predicted molar refractivity (Wildman–Crippen MR) is 59.9 cm³/mol. The largest absolute Gasteiger partial charge is 0.269 e. The van der Waals surface area contributed by atoms with Crippen LogP contribution in [0, 0.1) is 27.4 Å². The quantitative estimate of drug-likeness (QED) is 0.599. The molecule has 0 radical (unpaired) electrons. The van der Waals surface area contributed by atoms with Crippen molar-refractivity contribution >= 4 is 15.5 Å². The SMILES string of the molecule is CC(C#N)CS(=O)(=O)c1ccc([N+](=O)[O-])cc1. The first kappa shape index (κ1) is 13.1. The summed E-state index contributed by atoms with van der Waals surface area (Å²) in [5, 5.41) is 19.0. The van der Waals surface area contributed by atoms with Gasteiger partial charge in [-0.1, -0.05) is 0 Å². The Labute approximate surface area is 98.6 Å². The summed E-state index contributed by atoms with van der Waals surface area (Å²) in [5.41, 5.74) is -0.169. The van der Waals surface area contributed by atoms with Crippen molar-refractivity contribution in [2.24, 2.45) is 5.92 Å². The highest BCUT2D eigenvalue weighted by molar-refractivity contribution is 7.91. The van der Waals surface area contributed by atoms with Gasteiger partial charge in [-0.05, 0) is 19.1 Å². The molecule has 0 fully saturated rings. The number of sulfone groups is 1. The maximum Gasteiger partial charge on any atom is 0.269 e. The molecule has 0 aromatic heterocycles.